The molecule has 104 valence electrons. The van der Waals surface area contributed by atoms with E-state index in [1.807, 2.05) is 12.1 Å². The van der Waals surface area contributed by atoms with E-state index in [2.05, 4.69) is 0 Å². The summed E-state index contributed by atoms with van der Waals surface area (Å²) in [6.45, 7) is 1.39. The van der Waals surface area contributed by atoms with Gasteiger partial charge in [-0.05, 0) is 30.9 Å². The fourth-order valence-electron chi connectivity index (χ4n) is 2.27. The summed E-state index contributed by atoms with van der Waals surface area (Å²) in [5.74, 6) is -0.699. The number of rotatable bonds is 5. The van der Waals surface area contributed by atoms with Gasteiger partial charge in [0.2, 0.25) is 0 Å². The zero-order chi connectivity index (χ0) is 13.7. The van der Waals surface area contributed by atoms with Crippen molar-refractivity contribution in [2.24, 2.45) is 11.8 Å². The second kappa shape index (κ2) is 6.78. The van der Waals surface area contributed by atoms with Crippen molar-refractivity contribution in [1.82, 2.24) is 0 Å². The first-order valence-electron chi connectivity index (χ1n) is 6.36. The normalized spacial score (nSPS) is 17.9. The number of carboxylic acids is 1. The maximum Gasteiger partial charge on any atom is 0.310 e. The first kappa shape index (κ1) is 14.2. The molecular weight excluding hydrogens is 268 g/mol. The summed E-state index contributed by atoms with van der Waals surface area (Å²) in [5.41, 5.74) is 0. The highest BCUT2D eigenvalue weighted by Gasteiger charge is 2.30. The van der Waals surface area contributed by atoms with Crippen LogP contribution in [0, 0.1) is 11.8 Å². The molecule has 2 rings (SSSR count). The van der Waals surface area contributed by atoms with Gasteiger partial charge in [0.25, 0.3) is 0 Å². The summed E-state index contributed by atoms with van der Waals surface area (Å²) in [5, 5.41) is 9.82. The van der Waals surface area contributed by atoms with Crippen molar-refractivity contribution in [3.63, 3.8) is 0 Å². The van der Waals surface area contributed by atoms with Gasteiger partial charge in [0.1, 0.15) is 12.4 Å². The van der Waals surface area contributed by atoms with Crippen molar-refractivity contribution in [2.75, 3.05) is 19.8 Å². The van der Waals surface area contributed by atoms with E-state index >= 15 is 0 Å². The van der Waals surface area contributed by atoms with Crippen molar-refractivity contribution >= 4 is 17.6 Å². The van der Waals surface area contributed by atoms with Crippen molar-refractivity contribution in [3.8, 4) is 5.75 Å². The summed E-state index contributed by atoms with van der Waals surface area (Å²) in [6.07, 6.45) is 1.53. The molecule has 1 aliphatic heterocycles. The van der Waals surface area contributed by atoms with E-state index in [0.29, 0.717) is 24.0 Å². The molecule has 1 fully saturated rings. The second-order valence-corrected chi connectivity index (χ2v) is 5.04. The number of carboxylic acid groups (broad SMARTS) is 1. The Morgan fingerprint density at radius 2 is 2.11 bits per heavy atom. The molecule has 0 aliphatic carbocycles. The topological polar surface area (TPSA) is 55.8 Å². The van der Waals surface area contributed by atoms with E-state index < -0.39 is 11.9 Å². The van der Waals surface area contributed by atoms with Gasteiger partial charge in [-0.3, -0.25) is 4.79 Å². The van der Waals surface area contributed by atoms with E-state index in [4.69, 9.17) is 21.1 Å². The van der Waals surface area contributed by atoms with Gasteiger partial charge in [-0.15, -0.1) is 0 Å². The molecule has 0 spiro atoms. The molecule has 1 aliphatic rings. The number of hydrogen-bond acceptors (Lipinski definition) is 3. The van der Waals surface area contributed by atoms with Gasteiger partial charge >= 0.3 is 5.97 Å². The first-order chi connectivity index (χ1) is 9.18. The molecule has 1 heterocycles. The van der Waals surface area contributed by atoms with Crippen LogP contribution in [-0.2, 0) is 9.53 Å². The van der Waals surface area contributed by atoms with Crippen LogP contribution in [0.5, 0.6) is 5.75 Å². The number of halogens is 1. The van der Waals surface area contributed by atoms with E-state index in [-0.39, 0.29) is 12.5 Å². The lowest BCUT2D eigenvalue weighted by molar-refractivity contribution is -0.146. The van der Waals surface area contributed by atoms with E-state index in [1.165, 1.54) is 0 Å². The molecule has 0 bridgehead atoms. The lowest BCUT2D eigenvalue weighted by atomic mass is 9.86. The Hall–Kier alpha value is -1.26. The van der Waals surface area contributed by atoms with Gasteiger partial charge in [-0.1, -0.05) is 23.7 Å². The van der Waals surface area contributed by atoms with Gasteiger partial charge in [0, 0.05) is 13.2 Å². The number of para-hydroxylation sites is 1. The van der Waals surface area contributed by atoms with E-state index in [1.54, 1.807) is 12.1 Å². The van der Waals surface area contributed by atoms with Crippen molar-refractivity contribution in [2.45, 2.75) is 12.8 Å². The van der Waals surface area contributed by atoms with Crippen molar-refractivity contribution in [3.05, 3.63) is 29.3 Å². The van der Waals surface area contributed by atoms with Gasteiger partial charge < -0.3 is 14.6 Å². The molecule has 1 saturated heterocycles. The lowest BCUT2D eigenvalue weighted by Crippen LogP contribution is -2.33. The maximum absolute atomic E-state index is 11.4. The minimum absolute atomic E-state index is 0.105. The SMILES string of the molecule is O=C(O)C(COc1ccccc1Cl)C1CCOCC1. The van der Waals surface area contributed by atoms with Gasteiger partial charge in [-0.25, -0.2) is 0 Å². The average Bonchev–Trinajstić information content (AvgIpc) is 2.42. The molecule has 0 saturated carbocycles. The Bertz CT molecular complexity index is 429. The molecule has 1 aromatic rings. The minimum atomic E-state index is -0.820. The summed E-state index contributed by atoms with van der Waals surface area (Å²) in [4.78, 5) is 11.4. The maximum atomic E-state index is 11.4. The highest BCUT2D eigenvalue weighted by molar-refractivity contribution is 6.32. The summed E-state index contributed by atoms with van der Waals surface area (Å²) in [7, 11) is 0. The third-order valence-corrected chi connectivity index (χ3v) is 3.72. The third kappa shape index (κ3) is 3.85. The van der Waals surface area contributed by atoms with Crippen molar-refractivity contribution < 1.29 is 19.4 Å². The van der Waals surface area contributed by atoms with Crippen LogP contribution in [0.3, 0.4) is 0 Å². The molecule has 1 N–H and O–H groups in total. The number of hydrogen-bond donors (Lipinski definition) is 1. The monoisotopic (exact) mass is 284 g/mol. The predicted octanol–water partition coefficient (Wildman–Crippen LogP) is 2.85. The fourth-order valence-corrected chi connectivity index (χ4v) is 2.46. The molecule has 1 aromatic carbocycles. The standard InChI is InChI=1S/C14H17ClO4/c15-12-3-1-2-4-13(12)19-9-11(14(16)17)10-5-7-18-8-6-10/h1-4,10-11H,5-9H2,(H,16,17). The predicted molar refractivity (Wildman–Crippen MR) is 71.6 cm³/mol. The molecule has 1 unspecified atom stereocenters. The number of ether oxygens (including phenoxy) is 2. The Balaban J connectivity index is 1.97. The van der Waals surface area contributed by atoms with Crippen LogP contribution < -0.4 is 4.74 Å². The minimum Gasteiger partial charge on any atom is -0.491 e. The molecule has 4 nitrogen and oxygen atoms in total. The molecule has 19 heavy (non-hydrogen) atoms. The Morgan fingerprint density at radius 1 is 1.42 bits per heavy atom. The third-order valence-electron chi connectivity index (χ3n) is 3.41. The zero-order valence-electron chi connectivity index (χ0n) is 10.5. The smallest absolute Gasteiger partial charge is 0.310 e. The van der Waals surface area contributed by atoms with E-state index in [0.717, 1.165) is 12.8 Å². The molecule has 1 atom stereocenters. The highest BCUT2D eigenvalue weighted by Crippen LogP contribution is 2.28. The largest absolute Gasteiger partial charge is 0.491 e. The molecule has 0 aromatic heterocycles. The highest BCUT2D eigenvalue weighted by atomic mass is 35.5. The lowest BCUT2D eigenvalue weighted by Gasteiger charge is -2.27. The number of carbonyl (C=O) groups is 1. The van der Waals surface area contributed by atoms with Crippen LogP contribution in [-0.4, -0.2) is 30.9 Å². The van der Waals surface area contributed by atoms with Crippen LogP contribution in [0.25, 0.3) is 0 Å². The van der Waals surface area contributed by atoms with Crippen molar-refractivity contribution in [1.29, 1.82) is 0 Å². The first-order valence-corrected chi connectivity index (χ1v) is 6.74. The second-order valence-electron chi connectivity index (χ2n) is 4.64. The van der Waals surface area contributed by atoms with Crippen LogP contribution >= 0.6 is 11.6 Å². The summed E-state index contributed by atoms with van der Waals surface area (Å²) < 4.78 is 10.8. The molecule has 0 amide bonds. The van der Waals surface area contributed by atoms with Gasteiger partial charge in [0.05, 0.1) is 10.9 Å². The van der Waals surface area contributed by atoms with Gasteiger partial charge in [0.15, 0.2) is 0 Å². The quantitative estimate of drug-likeness (QED) is 0.903. The molecule has 0 radical (unpaired) electrons. The Labute approximate surface area is 117 Å². The number of benzene rings is 1. The summed E-state index contributed by atoms with van der Waals surface area (Å²) in [6, 6.07) is 7.08. The Kier molecular flexibility index (Phi) is 5.05. The van der Waals surface area contributed by atoms with Crippen LogP contribution in [0.2, 0.25) is 5.02 Å². The van der Waals surface area contributed by atoms with Crippen LogP contribution in [0.15, 0.2) is 24.3 Å². The molecule has 5 heteroatoms. The van der Waals surface area contributed by atoms with Gasteiger partial charge in [-0.2, -0.15) is 0 Å². The Morgan fingerprint density at radius 3 is 2.74 bits per heavy atom. The van der Waals surface area contributed by atoms with Crippen LogP contribution in [0.4, 0.5) is 0 Å². The van der Waals surface area contributed by atoms with E-state index in [9.17, 15) is 9.90 Å². The number of aliphatic carboxylic acids is 1. The summed E-state index contributed by atoms with van der Waals surface area (Å²) >= 11 is 5.98. The zero-order valence-corrected chi connectivity index (χ0v) is 11.3. The fraction of sp³-hybridized carbons (Fsp3) is 0.500. The molecular formula is C14H17ClO4. The van der Waals surface area contributed by atoms with Crippen LogP contribution in [0.1, 0.15) is 12.8 Å². The average molecular weight is 285 g/mol.